The third-order valence-corrected chi connectivity index (χ3v) is 6.43. The van der Waals surface area contributed by atoms with Crippen LogP contribution in [0.2, 0.25) is 0 Å². The zero-order chi connectivity index (χ0) is 23.7. The normalized spacial score (nSPS) is 11.2. The van der Waals surface area contributed by atoms with Gasteiger partial charge in [-0.3, -0.25) is 18.6 Å². The van der Waals surface area contributed by atoms with Crippen LogP contribution < -0.4 is 10.9 Å². The van der Waals surface area contributed by atoms with Crippen molar-refractivity contribution in [2.24, 2.45) is 0 Å². The van der Waals surface area contributed by atoms with E-state index in [-0.39, 0.29) is 17.2 Å². The van der Waals surface area contributed by atoms with Crippen molar-refractivity contribution in [1.82, 2.24) is 19.2 Å². The van der Waals surface area contributed by atoms with Crippen LogP contribution in [0.5, 0.6) is 0 Å². The molecule has 0 saturated heterocycles. The molecule has 0 radical (unpaired) electrons. The number of aryl methyl sites for hydroxylation is 2. The molecule has 0 aliphatic carbocycles. The first kappa shape index (κ1) is 21.9. The number of amides is 1. The standard InChI is InChI=1S/C26H23N5O2S/c1-17-12-18(2)14-20(13-17)27-23(32)16-34-26-29-28-25-30(15-19-8-4-3-5-9-19)24(33)21-10-6-7-11-22(21)31(25)26/h3-14H,15-16H2,1-2H3,(H,27,32). The minimum absolute atomic E-state index is 0.122. The number of hydrogen-bond acceptors (Lipinski definition) is 5. The molecule has 0 aliphatic heterocycles. The number of aromatic nitrogens is 4. The van der Waals surface area contributed by atoms with E-state index in [0.717, 1.165) is 22.4 Å². The zero-order valence-corrected chi connectivity index (χ0v) is 19.7. The molecule has 0 spiro atoms. The molecule has 1 amide bonds. The number of benzene rings is 3. The molecule has 2 heterocycles. The van der Waals surface area contributed by atoms with E-state index < -0.39 is 0 Å². The van der Waals surface area contributed by atoms with Crippen molar-refractivity contribution < 1.29 is 4.79 Å². The largest absolute Gasteiger partial charge is 0.325 e. The van der Waals surface area contributed by atoms with Crippen LogP contribution in [0.4, 0.5) is 5.69 Å². The lowest BCUT2D eigenvalue weighted by molar-refractivity contribution is -0.113. The maximum absolute atomic E-state index is 13.3. The Morgan fingerprint density at radius 1 is 0.941 bits per heavy atom. The van der Waals surface area contributed by atoms with Gasteiger partial charge in [0.1, 0.15) is 0 Å². The highest BCUT2D eigenvalue weighted by Crippen LogP contribution is 2.22. The van der Waals surface area contributed by atoms with Crippen molar-refractivity contribution in [2.75, 3.05) is 11.1 Å². The van der Waals surface area contributed by atoms with Gasteiger partial charge in [-0.2, -0.15) is 0 Å². The number of carbonyl (C=O) groups excluding carboxylic acids is 1. The second-order valence-corrected chi connectivity index (χ2v) is 9.17. The van der Waals surface area contributed by atoms with Gasteiger partial charge in [-0.15, -0.1) is 10.2 Å². The van der Waals surface area contributed by atoms with Crippen LogP contribution >= 0.6 is 11.8 Å². The van der Waals surface area contributed by atoms with E-state index in [2.05, 4.69) is 21.6 Å². The number of nitrogens with one attached hydrogen (secondary N) is 1. The topological polar surface area (TPSA) is 81.3 Å². The fourth-order valence-electron chi connectivity index (χ4n) is 4.11. The lowest BCUT2D eigenvalue weighted by Gasteiger charge is -2.11. The van der Waals surface area contributed by atoms with Crippen LogP contribution in [0.3, 0.4) is 0 Å². The molecule has 8 heteroatoms. The number of carbonyl (C=O) groups is 1. The molecular formula is C26H23N5O2S. The molecule has 0 bridgehead atoms. The molecule has 0 atom stereocenters. The molecule has 0 aliphatic rings. The van der Waals surface area contributed by atoms with Gasteiger partial charge < -0.3 is 5.32 Å². The molecule has 1 N–H and O–H groups in total. The van der Waals surface area contributed by atoms with Crippen LogP contribution in [0.15, 0.2) is 82.7 Å². The average Bonchev–Trinajstić information content (AvgIpc) is 3.24. The summed E-state index contributed by atoms with van der Waals surface area (Å²) in [5.41, 5.74) is 4.55. The number of para-hydroxylation sites is 1. The van der Waals surface area contributed by atoms with Crippen LogP contribution in [0.1, 0.15) is 16.7 Å². The highest BCUT2D eigenvalue weighted by molar-refractivity contribution is 7.99. The molecule has 34 heavy (non-hydrogen) atoms. The Hall–Kier alpha value is -3.91. The third-order valence-electron chi connectivity index (χ3n) is 5.50. The zero-order valence-electron chi connectivity index (χ0n) is 18.9. The lowest BCUT2D eigenvalue weighted by atomic mass is 10.1. The molecule has 3 aromatic carbocycles. The highest BCUT2D eigenvalue weighted by atomic mass is 32.2. The van der Waals surface area contributed by atoms with Crippen LogP contribution in [0.25, 0.3) is 16.7 Å². The van der Waals surface area contributed by atoms with Crippen molar-refractivity contribution in [1.29, 1.82) is 0 Å². The second kappa shape index (κ2) is 9.15. The van der Waals surface area contributed by atoms with Gasteiger partial charge in [0.2, 0.25) is 11.7 Å². The van der Waals surface area contributed by atoms with Gasteiger partial charge in [0.15, 0.2) is 5.16 Å². The first-order chi connectivity index (χ1) is 16.5. The van der Waals surface area contributed by atoms with Crippen LogP contribution in [0, 0.1) is 13.8 Å². The van der Waals surface area contributed by atoms with E-state index in [1.807, 2.05) is 78.9 Å². The smallest absolute Gasteiger partial charge is 0.263 e. The summed E-state index contributed by atoms with van der Waals surface area (Å²) in [5.74, 6) is 0.485. The van der Waals surface area contributed by atoms with Gasteiger partial charge in [0.25, 0.3) is 5.56 Å². The van der Waals surface area contributed by atoms with Crippen LogP contribution in [-0.4, -0.2) is 30.8 Å². The summed E-state index contributed by atoms with van der Waals surface area (Å²) in [7, 11) is 0. The summed E-state index contributed by atoms with van der Waals surface area (Å²) in [6, 6.07) is 23.1. The minimum Gasteiger partial charge on any atom is -0.325 e. The maximum Gasteiger partial charge on any atom is 0.263 e. The summed E-state index contributed by atoms with van der Waals surface area (Å²) in [6.07, 6.45) is 0. The van der Waals surface area contributed by atoms with Gasteiger partial charge in [0.05, 0.1) is 23.2 Å². The second-order valence-electron chi connectivity index (χ2n) is 8.23. The number of anilines is 1. The summed E-state index contributed by atoms with van der Waals surface area (Å²) in [6.45, 7) is 4.38. The molecular weight excluding hydrogens is 446 g/mol. The quantitative estimate of drug-likeness (QED) is 0.372. The summed E-state index contributed by atoms with van der Waals surface area (Å²) in [4.78, 5) is 25.9. The molecule has 170 valence electrons. The average molecular weight is 470 g/mol. The van der Waals surface area contributed by atoms with Gasteiger partial charge in [-0.1, -0.05) is 60.3 Å². The summed E-state index contributed by atoms with van der Waals surface area (Å²) >= 11 is 1.29. The van der Waals surface area contributed by atoms with Crippen molar-refractivity contribution in [3.05, 3.63) is 99.8 Å². The summed E-state index contributed by atoms with van der Waals surface area (Å²) in [5, 5.41) is 12.8. The lowest BCUT2D eigenvalue weighted by Crippen LogP contribution is -2.24. The number of fused-ring (bicyclic) bond motifs is 3. The Morgan fingerprint density at radius 2 is 1.65 bits per heavy atom. The van der Waals surface area contributed by atoms with Crippen LogP contribution in [-0.2, 0) is 11.3 Å². The maximum atomic E-state index is 13.3. The predicted molar refractivity (Wildman–Crippen MR) is 136 cm³/mol. The van der Waals surface area contributed by atoms with Crippen molar-refractivity contribution in [2.45, 2.75) is 25.5 Å². The van der Waals surface area contributed by atoms with Gasteiger partial charge in [-0.25, -0.2) is 0 Å². The van der Waals surface area contributed by atoms with Crippen molar-refractivity contribution in [3.8, 4) is 0 Å². The Bertz CT molecular complexity index is 1550. The fraction of sp³-hybridized carbons (Fsp3) is 0.154. The molecule has 0 saturated carbocycles. The SMILES string of the molecule is Cc1cc(C)cc(NC(=O)CSc2nnc3n(Cc4ccccc4)c(=O)c4ccccc4n23)c1. The first-order valence-electron chi connectivity index (χ1n) is 10.9. The van der Waals surface area contributed by atoms with Gasteiger partial charge >= 0.3 is 0 Å². The van der Waals surface area contributed by atoms with E-state index >= 15 is 0 Å². The Balaban J connectivity index is 1.49. The molecule has 5 rings (SSSR count). The van der Waals surface area contributed by atoms with E-state index in [9.17, 15) is 9.59 Å². The molecule has 0 unspecified atom stereocenters. The molecule has 5 aromatic rings. The van der Waals surface area contributed by atoms with E-state index in [1.54, 1.807) is 10.6 Å². The first-order valence-corrected chi connectivity index (χ1v) is 11.9. The van der Waals surface area contributed by atoms with E-state index in [1.165, 1.54) is 11.8 Å². The Morgan fingerprint density at radius 3 is 2.41 bits per heavy atom. The number of nitrogens with zero attached hydrogens (tertiary/aromatic N) is 4. The van der Waals surface area contributed by atoms with E-state index in [4.69, 9.17) is 0 Å². The molecule has 2 aromatic heterocycles. The minimum atomic E-state index is -0.131. The molecule has 0 fully saturated rings. The fourth-order valence-corrected chi connectivity index (χ4v) is 4.85. The Kier molecular flexibility index (Phi) is 5.90. The van der Waals surface area contributed by atoms with Gasteiger partial charge in [-0.05, 0) is 54.8 Å². The number of rotatable bonds is 6. The Labute approximate surface area is 200 Å². The number of thioether (sulfide) groups is 1. The van der Waals surface area contributed by atoms with Gasteiger partial charge in [0, 0.05) is 5.69 Å². The third kappa shape index (κ3) is 4.32. The van der Waals surface area contributed by atoms with E-state index in [0.29, 0.717) is 28.4 Å². The monoisotopic (exact) mass is 469 g/mol. The predicted octanol–water partition coefficient (Wildman–Crippen LogP) is 4.44. The number of hydrogen-bond donors (Lipinski definition) is 1. The van der Waals surface area contributed by atoms with Crippen molar-refractivity contribution >= 4 is 40.0 Å². The summed E-state index contributed by atoms with van der Waals surface area (Å²) < 4.78 is 3.48. The molecule has 7 nitrogen and oxygen atoms in total. The van der Waals surface area contributed by atoms with Crippen molar-refractivity contribution in [3.63, 3.8) is 0 Å². The highest BCUT2D eigenvalue weighted by Gasteiger charge is 2.18.